The van der Waals surface area contributed by atoms with Gasteiger partial charge in [-0.3, -0.25) is 0 Å². The molecule has 1 aliphatic heterocycles. The molecule has 1 aromatic rings. The van der Waals surface area contributed by atoms with E-state index in [2.05, 4.69) is 23.8 Å². The van der Waals surface area contributed by atoms with Gasteiger partial charge < -0.3 is 15.5 Å². The number of nitrogens with two attached hydrogens (primary N) is 1. The lowest BCUT2D eigenvalue weighted by Gasteiger charge is -2.25. The highest BCUT2D eigenvalue weighted by Gasteiger charge is 2.13. The predicted molar refractivity (Wildman–Crippen MR) is 79.5 cm³/mol. The van der Waals surface area contributed by atoms with E-state index in [1.165, 1.54) is 37.2 Å². The van der Waals surface area contributed by atoms with Gasteiger partial charge in [-0.2, -0.15) is 0 Å². The Morgan fingerprint density at radius 2 is 2.00 bits per heavy atom. The minimum Gasteiger partial charge on any atom is -0.398 e. The number of nitrogens with zero attached hydrogens (tertiary/aromatic N) is 2. The molecule has 0 atom stereocenters. The third kappa shape index (κ3) is 3.09. The van der Waals surface area contributed by atoms with Gasteiger partial charge in [-0.25, -0.2) is 0 Å². The summed E-state index contributed by atoms with van der Waals surface area (Å²) in [4.78, 5) is 4.78. The molecule has 0 amide bonds. The van der Waals surface area contributed by atoms with Gasteiger partial charge in [-0.05, 0) is 50.6 Å². The molecular formula is C14H22ClN3. The Morgan fingerprint density at radius 1 is 1.33 bits per heavy atom. The molecule has 0 unspecified atom stereocenters. The van der Waals surface area contributed by atoms with E-state index in [0.29, 0.717) is 10.7 Å². The largest absolute Gasteiger partial charge is 0.398 e. The van der Waals surface area contributed by atoms with Crippen LogP contribution in [0.5, 0.6) is 0 Å². The van der Waals surface area contributed by atoms with Crippen molar-refractivity contribution in [1.82, 2.24) is 4.90 Å². The van der Waals surface area contributed by atoms with Crippen molar-refractivity contribution in [1.29, 1.82) is 0 Å². The highest BCUT2D eigenvalue weighted by atomic mass is 35.5. The molecule has 1 fully saturated rings. The number of likely N-dealkylation sites (tertiary alicyclic amines) is 1. The number of likely N-dealkylation sites (N-methyl/N-ethyl adjacent to an activating group) is 1. The minimum absolute atomic E-state index is 0.642. The van der Waals surface area contributed by atoms with E-state index in [4.69, 9.17) is 17.3 Å². The van der Waals surface area contributed by atoms with Gasteiger partial charge in [0.2, 0.25) is 0 Å². The summed E-state index contributed by atoms with van der Waals surface area (Å²) in [6, 6.07) is 3.92. The number of hydrogen-bond acceptors (Lipinski definition) is 3. The van der Waals surface area contributed by atoms with Gasteiger partial charge in [0, 0.05) is 25.8 Å². The molecule has 1 aliphatic rings. The third-order valence-electron chi connectivity index (χ3n) is 3.68. The average molecular weight is 268 g/mol. The van der Waals surface area contributed by atoms with E-state index in [9.17, 15) is 0 Å². The van der Waals surface area contributed by atoms with Crippen molar-refractivity contribution in [3.05, 3.63) is 22.7 Å². The van der Waals surface area contributed by atoms with E-state index < -0.39 is 0 Å². The molecule has 2 rings (SSSR count). The van der Waals surface area contributed by atoms with Gasteiger partial charge in [-0.1, -0.05) is 11.6 Å². The molecule has 1 aromatic carbocycles. The van der Waals surface area contributed by atoms with Gasteiger partial charge in [0.05, 0.1) is 10.7 Å². The molecule has 0 saturated carbocycles. The maximum Gasteiger partial charge on any atom is 0.0656 e. The zero-order valence-corrected chi connectivity index (χ0v) is 12.0. The Hall–Kier alpha value is -0.930. The zero-order chi connectivity index (χ0) is 13.1. The smallest absolute Gasteiger partial charge is 0.0656 e. The number of hydrogen-bond donors (Lipinski definition) is 1. The SMILES string of the molecule is Cc1cc(N)c(Cl)cc1N(C)CCN1CCCC1. The molecule has 0 aromatic heterocycles. The lowest BCUT2D eigenvalue weighted by molar-refractivity contribution is 0.346. The highest BCUT2D eigenvalue weighted by Crippen LogP contribution is 2.28. The first kappa shape index (κ1) is 13.5. The zero-order valence-electron chi connectivity index (χ0n) is 11.2. The van der Waals surface area contributed by atoms with Gasteiger partial charge in [0.25, 0.3) is 0 Å². The summed E-state index contributed by atoms with van der Waals surface area (Å²) in [7, 11) is 2.12. The van der Waals surface area contributed by atoms with Crippen molar-refractivity contribution in [2.75, 3.05) is 43.9 Å². The molecule has 1 heterocycles. The second-order valence-electron chi connectivity index (χ2n) is 5.13. The second-order valence-corrected chi connectivity index (χ2v) is 5.54. The molecule has 4 heteroatoms. The van der Waals surface area contributed by atoms with Crippen molar-refractivity contribution in [3.63, 3.8) is 0 Å². The monoisotopic (exact) mass is 267 g/mol. The number of nitrogen functional groups attached to an aromatic ring is 1. The molecule has 1 saturated heterocycles. The highest BCUT2D eigenvalue weighted by molar-refractivity contribution is 6.33. The average Bonchev–Trinajstić information content (AvgIpc) is 2.84. The molecule has 0 aliphatic carbocycles. The Morgan fingerprint density at radius 3 is 2.67 bits per heavy atom. The standard InChI is InChI=1S/C14H22ClN3/c1-11-9-13(16)12(15)10-14(11)17(2)7-8-18-5-3-4-6-18/h9-10H,3-8,16H2,1-2H3. The first-order chi connectivity index (χ1) is 8.58. The summed E-state index contributed by atoms with van der Waals surface area (Å²) in [5.41, 5.74) is 8.82. The van der Waals surface area contributed by atoms with Crippen LogP contribution in [0.2, 0.25) is 5.02 Å². The van der Waals surface area contributed by atoms with E-state index in [0.717, 1.165) is 13.1 Å². The summed E-state index contributed by atoms with van der Waals surface area (Å²) in [5, 5.41) is 0.642. The summed E-state index contributed by atoms with van der Waals surface area (Å²) < 4.78 is 0. The topological polar surface area (TPSA) is 32.5 Å². The third-order valence-corrected chi connectivity index (χ3v) is 4.00. The molecule has 3 nitrogen and oxygen atoms in total. The predicted octanol–water partition coefficient (Wildman–Crippen LogP) is 2.76. The van der Waals surface area contributed by atoms with Gasteiger partial charge in [-0.15, -0.1) is 0 Å². The Bertz CT molecular complexity index is 414. The van der Waals surface area contributed by atoms with Crippen molar-refractivity contribution < 1.29 is 0 Å². The van der Waals surface area contributed by atoms with E-state index >= 15 is 0 Å². The number of anilines is 2. The minimum atomic E-state index is 0.642. The van der Waals surface area contributed by atoms with Crippen molar-refractivity contribution in [2.45, 2.75) is 19.8 Å². The number of benzene rings is 1. The summed E-state index contributed by atoms with van der Waals surface area (Å²) >= 11 is 6.10. The van der Waals surface area contributed by atoms with Gasteiger partial charge in [0.1, 0.15) is 0 Å². The van der Waals surface area contributed by atoms with E-state index in [1.807, 2.05) is 12.1 Å². The molecule has 2 N–H and O–H groups in total. The Labute approximate surface area is 115 Å². The number of halogens is 1. The van der Waals surface area contributed by atoms with Crippen LogP contribution in [0.15, 0.2) is 12.1 Å². The van der Waals surface area contributed by atoms with Crippen LogP contribution in [-0.2, 0) is 0 Å². The summed E-state index contributed by atoms with van der Waals surface area (Å²) in [6.07, 6.45) is 2.69. The number of aryl methyl sites for hydroxylation is 1. The molecule has 100 valence electrons. The summed E-state index contributed by atoms with van der Waals surface area (Å²) in [5.74, 6) is 0. The van der Waals surface area contributed by atoms with Crippen LogP contribution in [0.1, 0.15) is 18.4 Å². The van der Waals surface area contributed by atoms with Crippen molar-refractivity contribution in [3.8, 4) is 0 Å². The van der Waals surface area contributed by atoms with Crippen LogP contribution in [0.3, 0.4) is 0 Å². The summed E-state index contributed by atoms with van der Waals surface area (Å²) in [6.45, 7) is 6.72. The quantitative estimate of drug-likeness (QED) is 0.852. The molecule has 0 radical (unpaired) electrons. The molecular weight excluding hydrogens is 246 g/mol. The molecule has 0 spiro atoms. The van der Waals surface area contributed by atoms with Crippen LogP contribution in [-0.4, -0.2) is 38.1 Å². The maximum absolute atomic E-state index is 6.10. The Kier molecular flexibility index (Phi) is 4.36. The number of rotatable bonds is 4. The Balaban J connectivity index is 1.99. The van der Waals surface area contributed by atoms with Gasteiger partial charge in [0.15, 0.2) is 0 Å². The fourth-order valence-electron chi connectivity index (χ4n) is 2.52. The van der Waals surface area contributed by atoms with Crippen LogP contribution < -0.4 is 10.6 Å². The molecule has 0 bridgehead atoms. The van der Waals surface area contributed by atoms with Gasteiger partial charge >= 0.3 is 0 Å². The fourth-order valence-corrected chi connectivity index (χ4v) is 2.68. The van der Waals surface area contributed by atoms with E-state index in [1.54, 1.807) is 0 Å². The molecule has 18 heavy (non-hydrogen) atoms. The fraction of sp³-hybridized carbons (Fsp3) is 0.571. The normalized spacial score (nSPS) is 16.2. The maximum atomic E-state index is 6.10. The first-order valence-corrected chi connectivity index (χ1v) is 6.95. The van der Waals surface area contributed by atoms with E-state index in [-0.39, 0.29) is 0 Å². The van der Waals surface area contributed by atoms with Crippen LogP contribution in [0.4, 0.5) is 11.4 Å². The second kappa shape index (κ2) is 5.81. The van der Waals surface area contributed by atoms with Crippen LogP contribution >= 0.6 is 11.6 Å². The van der Waals surface area contributed by atoms with Crippen molar-refractivity contribution in [2.24, 2.45) is 0 Å². The van der Waals surface area contributed by atoms with Crippen LogP contribution in [0.25, 0.3) is 0 Å². The lowest BCUT2D eigenvalue weighted by Crippen LogP contribution is -2.31. The first-order valence-electron chi connectivity index (χ1n) is 6.57. The van der Waals surface area contributed by atoms with Crippen molar-refractivity contribution >= 4 is 23.0 Å². The van der Waals surface area contributed by atoms with Crippen LogP contribution in [0, 0.1) is 6.92 Å². The lowest BCUT2D eigenvalue weighted by atomic mass is 10.1.